The lowest BCUT2D eigenvalue weighted by Gasteiger charge is -2.26. The molecule has 0 spiro atoms. The molecule has 0 aliphatic carbocycles. The quantitative estimate of drug-likeness (QED) is 0.486. The summed E-state index contributed by atoms with van der Waals surface area (Å²) in [4.78, 5) is 13.5. The van der Waals surface area contributed by atoms with Crippen molar-refractivity contribution in [3.8, 4) is 6.07 Å². The highest BCUT2D eigenvalue weighted by Crippen LogP contribution is 2.37. The lowest BCUT2D eigenvalue weighted by Crippen LogP contribution is -2.41. The number of nitriles is 1. The van der Waals surface area contributed by atoms with Crippen molar-refractivity contribution < 1.29 is 35.9 Å². The van der Waals surface area contributed by atoms with Gasteiger partial charge < -0.3 is 15.0 Å². The van der Waals surface area contributed by atoms with Crippen LogP contribution in [-0.4, -0.2) is 37.1 Å². The largest absolute Gasteiger partial charge is 0.416 e. The van der Waals surface area contributed by atoms with Gasteiger partial charge in [-0.15, -0.1) is 0 Å². The Morgan fingerprint density at radius 2 is 1.59 bits per heavy atom. The summed E-state index contributed by atoms with van der Waals surface area (Å²) < 4.78 is 82.1. The molecule has 5 nitrogen and oxygen atoms in total. The van der Waals surface area contributed by atoms with Gasteiger partial charge in [0.2, 0.25) is 0 Å². The molecule has 1 aliphatic rings. The summed E-state index contributed by atoms with van der Waals surface area (Å²) in [7, 11) is 0. The second-order valence-corrected chi connectivity index (χ2v) is 5.51. The third-order valence-electron chi connectivity index (χ3n) is 3.62. The minimum absolute atomic E-state index is 0.0149. The summed E-state index contributed by atoms with van der Waals surface area (Å²) in [5, 5.41) is 11.3. The Morgan fingerprint density at radius 3 is 2.04 bits per heavy atom. The monoisotopic (exact) mass is 393 g/mol. The summed E-state index contributed by atoms with van der Waals surface area (Å²) in [6.07, 6.45) is -9.21. The first-order chi connectivity index (χ1) is 12.5. The van der Waals surface area contributed by atoms with Gasteiger partial charge in [0, 0.05) is 25.0 Å². The minimum Gasteiger partial charge on any atom is -0.378 e. The van der Waals surface area contributed by atoms with E-state index in [0.717, 1.165) is 6.20 Å². The summed E-state index contributed by atoms with van der Waals surface area (Å²) in [6.45, 7) is 0.972. The topological polar surface area (TPSA) is 65.4 Å². The van der Waals surface area contributed by atoms with Crippen molar-refractivity contribution in [2.75, 3.05) is 31.6 Å². The molecule has 1 amide bonds. The van der Waals surface area contributed by atoms with Crippen molar-refractivity contribution in [1.29, 1.82) is 5.26 Å². The van der Waals surface area contributed by atoms with Gasteiger partial charge in [-0.25, -0.2) is 0 Å². The fourth-order valence-corrected chi connectivity index (χ4v) is 2.27. The highest BCUT2D eigenvalue weighted by atomic mass is 19.4. The zero-order valence-electron chi connectivity index (χ0n) is 13.6. The molecule has 1 aliphatic heterocycles. The van der Waals surface area contributed by atoms with Gasteiger partial charge in [-0.1, -0.05) is 0 Å². The van der Waals surface area contributed by atoms with Gasteiger partial charge in [0.15, 0.2) is 0 Å². The van der Waals surface area contributed by atoms with Crippen molar-refractivity contribution in [2.45, 2.75) is 12.4 Å². The zero-order valence-corrected chi connectivity index (χ0v) is 13.6. The number of rotatable bonds is 3. The molecule has 0 atom stereocenters. The van der Waals surface area contributed by atoms with E-state index in [1.165, 1.54) is 4.90 Å². The number of morpholine rings is 1. The molecular weight excluding hydrogens is 380 g/mol. The normalized spacial score (nSPS) is 16.0. The summed E-state index contributed by atoms with van der Waals surface area (Å²) >= 11 is 0. The van der Waals surface area contributed by atoms with Gasteiger partial charge in [0.25, 0.3) is 5.91 Å². The number of nitrogens with zero attached hydrogens (tertiary/aromatic N) is 2. The maximum Gasteiger partial charge on any atom is 0.416 e. The van der Waals surface area contributed by atoms with E-state index in [9.17, 15) is 31.1 Å². The van der Waals surface area contributed by atoms with Gasteiger partial charge in [-0.05, 0) is 18.2 Å². The average molecular weight is 393 g/mol. The van der Waals surface area contributed by atoms with Gasteiger partial charge in [0.05, 0.1) is 24.3 Å². The summed E-state index contributed by atoms with van der Waals surface area (Å²) in [5.74, 6) is -0.698. The van der Waals surface area contributed by atoms with Crippen LogP contribution in [0.15, 0.2) is 30.0 Å². The standard InChI is InChI=1S/C16H13F6N3O2/c17-15(18,19)11-5-12(16(20,21)22)7-13(6-11)24-9-10(8-23)14(26)25-1-3-27-4-2-25/h5-7,9,24H,1-4H2/b10-9-. The fourth-order valence-electron chi connectivity index (χ4n) is 2.27. The van der Waals surface area contributed by atoms with E-state index in [-0.39, 0.29) is 32.4 Å². The molecule has 1 fully saturated rings. The van der Waals surface area contributed by atoms with Crippen LogP contribution < -0.4 is 5.32 Å². The van der Waals surface area contributed by atoms with E-state index in [1.54, 1.807) is 6.07 Å². The van der Waals surface area contributed by atoms with Crippen LogP contribution in [0.3, 0.4) is 0 Å². The predicted octanol–water partition coefficient (Wildman–Crippen LogP) is 3.40. The van der Waals surface area contributed by atoms with Crippen molar-refractivity contribution in [3.05, 3.63) is 41.1 Å². The molecule has 1 N–H and O–H groups in total. The number of hydrogen-bond donors (Lipinski definition) is 1. The molecule has 146 valence electrons. The maximum absolute atomic E-state index is 12.8. The molecule has 2 rings (SSSR count). The van der Waals surface area contributed by atoms with Gasteiger partial charge in [0.1, 0.15) is 11.6 Å². The van der Waals surface area contributed by atoms with Gasteiger partial charge in [-0.3, -0.25) is 4.79 Å². The molecule has 27 heavy (non-hydrogen) atoms. The molecule has 0 aromatic heterocycles. The number of halogens is 6. The third kappa shape index (κ3) is 5.37. The first kappa shape index (κ1) is 20.6. The Kier molecular flexibility index (Phi) is 6.00. The number of nitrogens with one attached hydrogen (secondary N) is 1. The zero-order chi connectivity index (χ0) is 20.2. The third-order valence-corrected chi connectivity index (χ3v) is 3.62. The van der Waals surface area contributed by atoms with Crippen molar-refractivity contribution in [2.24, 2.45) is 0 Å². The second kappa shape index (κ2) is 7.87. The number of alkyl halides is 6. The Morgan fingerprint density at radius 1 is 1.07 bits per heavy atom. The number of carbonyl (C=O) groups excluding carboxylic acids is 1. The molecular formula is C16H13F6N3O2. The first-order valence-corrected chi connectivity index (χ1v) is 7.55. The molecule has 11 heteroatoms. The maximum atomic E-state index is 12.8. The fraction of sp³-hybridized carbons (Fsp3) is 0.375. The molecule has 1 saturated heterocycles. The Hall–Kier alpha value is -2.74. The van der Waals surface area contributed by atoms with Crippen LogP contribution in [0.25, 0.3) is 0 Å². The smallest absolute Gasteiger partial charge is 0.378 e. The van der Waals surface area contributed by atoms with E-state index >= 15 is 0 Å². The SMILES string of the molecule is N#C/C(=C/Nc1cc(C(F)(F)F)cc(C(F)(F)F)c1)C(=O)N1CCOCC1. The van der Waals surface area contributed by atoms with Gasteiger partial charge in [-0.2, -0.15) is 31.6 Å². The van der Waals surface area contributed by atoms with E-state index in [1.807, 2.05) is 0 Å². The number of carbonyl (C=O) groups is 1. The predicted molar refractivity (Wildman–Crippen MR) is 81.2 cm³/mol. The van der Waals surface area contributed by atoms with Crippen LogP contribution >= 0.6 is 0 Å². The van der Waals surface area contributed by atoms with Crippen molar-refractivity contribution >= 4 is 11.6 Å². The van der Waals surface area contributed by atoms with Crippen LogP contribution in [0.1, 0.15) is 11.1 Å². The molecule has 1 aromatic rings. The van der Waals surface area contributed by atoms with Crippen LogP contribution in [-0.2, 0) is 21.9 Å². The Bertz CT molecular complexity index is 742. The molecule has 0 unspecified atom stereocenters. The lowest BCUT2D eigenvalue weighted by molar-refractivity contribution is -0.143. The lowest BCUT2D eigenvalue weighted by atomic mass is 10.1. The molecule has 1 heterocycles. The summed E-state index contributed by atoms with van der Waals surface area (Å²) in [5.41, 5.74) is -4.03. The van der Waals surface area contributed by atoms with Crippen molar-refractivity contribution in [1.82, 2.24) is 4.90 Å². The molecule has 0 bridgehead atoms. The van der Waals surface area contributed by atoms with Gasteiger partial charge >= 0.3 is 12.4 Å². The number of hydrogen-bond acceptors (Lipinski definition) is 4. The van der Waals surface area contributed by atoms with E-state index in [0.29, 0.717) is 12.1 Å². The van der Waals surface area contributed by atoms with E-state index in [2.05, 4.69) is 5.32 Å². The Balaban J connectivity index is 2.30. The van der Waals surface area contributed by atoms with E-state index in [4.69, 9.17) is 10.00 Å². The molecule has 0 radical (unpaired) electrons. The first-order valence-electron chi connectivity index (χ1n) is 7.55. The highest BCUT2D eigenvalue weighted by Gasteiger charge is 2.37. The second-order valence-electron chi connectivity index (χ2n) is 5.51. The van der Waals surface area contributed by atoms with Crippen molar-refractivity contribution in [3.63, 3.8) is 0 Å². The average Bonchev–Trinajstić information content (AvgIpc) is 2.61. The number of amides is 1. The summed E-state index contributed by atoms with van der Waals surface area (Å²) in [6, 6.07) is 2.48. The van der Waals surface area contributed by atoms with Crippen LogP contribution in [0.2, 0.25) is 0 Å². The van der Waals surface area contributed by atoms with Crippen LogP contribution in [0, 0.1) is 11.3 Å². The minimum atomic E-state index is -5.00. The van der Waals surface area contributed by atoms with Crippen LogP contribution in [0.5, 0.6) is 0 Å². The number of ether oxygens (including phenoxy) is 1. The Labute approximate surface area is 149 Å². The van der Waals surface area contributed by atoms with E-state index < -0.39 is 40.6 Å². The molecule has 0 saturated carbocycles. The highest BCUT2D eigenvalue weighted by molar-refractivity contribution is 5.97. The molecule has 1 aromatic carbocycles. The van der Waals surface area contributed by atoms with Crippen LogP contribution in [0.4, 0.5) is 32.0 Å². The number of anilines is 1. The number of benzene rings is 1.